The summed E-state index contributed by atoms with van der Waals surface area (Å²) in [6.45, 7) is 1.06. The normalized spacial score (nSPS) is 15.3. The lowest BCUT2D eigenvalue weighted by atomic mass is 10.4. The topological polar surface area (TPSA) is 45.2 Å². The average molecular weight is 225 g/mol. The summed E-state index contributed by atoms with van der Waals surface area (Å²) in [5, 5.41) is 5.18. The molecule has 0 aliphatic heterocycles. The van der Waals surface area contributed by atoms with Crippen molar-refractivity contribution < 1.29 is 4.79 Å². The number of carbonyl (C=O) groups is 1. The van der Waals surface area contributed by atoms with Gasteiger partial charge in [0.2, 0.25) is 5.91 Å². The predicted molar refractivity (Wildman–Crippen MR) is 59.6 cm³/mol. The summed E-state index contributed by atoms with van der Waals surface area (Å²) >= 11 is 1.56. The molecule has 1 amide bonds. The number of amides is 1. The number of hydrogen-bond donors (Lipinski definition) is 1. The maximum atomic E-state index is 11.6. The van der Waals surface area contributed by atoms with Crippen LogP contribution in [0.1, 0.15) is 18.5 Å². The van der Waals surface area contributed by atoms with Gasteiger partial charge in [-0.15, -0.1) is 11.3 Å². The van der Waals surface area contributed by atoms with Crippen molar-refractivity contribution in [3.63, 3.8) is 0 Å². The average Bonchev–Trinajstić information content (AvgIpc) is 2.92. The standard InChI is InChI=1S/C10H15N3OS/c1-13(5-9-6-15-7-12-9)10(14)4-11-8-2-3-8/h6-8,11H,2-5H2,1H3. The quantitative estimate of drug-likeness (QED) is 0.808. The number of likely N-dealkylation sites (N-methyl/N-ethyl adjacent to an activating group) is 1. The lowest BCUT2D eigenvalue weighted by molar-refractivity contribution is -0.129. The first kappa shape index (κ1) is 10.6. The highest BCUT2D eigenvalue weighted by Crippen LogP contribution is 2.18. The van der Waals surface area contributed by atoms with Gasteiger partial charge in [-0.25, -0.2) is 4.98 Å². The Labute approximate surface area is 93.3 Å². The molecule has 0 spiro atoms. The van der Waals surface area contributed by atoms with Crippen LogP contribution in [0.15, 0.2) is 10.9 Å². The Morgan fingerprint density at radius 3 is 3.13 bits per heavy atom. The Hall–Kier alpha value is -0.940. The number of aromatic nitrogens is 1. The SMILES string of the molecule is CN(Cc1cscn1)C(=O)CNC1CC1. The van der Waals surface area contributed by atoms with E-state index in [0.717, 1.165) is 5.69 Å². The predicted octanol–water partition coefficient (Wildman–Crippen LogP) is 0.853. The Balaban J connectivity index is 1.73. The fourth-order valence-electron chi connectivity index (χ4n) is 1.30. The molecule has 82 valence electrons. The second-order valence-electron chi connectivity index (χ2n) is 3.88. The second-order valence-corrected chi connectivity index (χ2v) is 4.60. The lowest BCUT2D eigenvalue weighted by Crippen LogP contribution is -2.36. The zero-order valence-corrected chi connectivity index (χ0v) is 9.59. The van der Waals surface area contributed by atoms with E-state index in [4.69, 9.17) is 0 Å². The van der Waals surface area contributed by atoms with E-state index in [2.05, 4.69) is 10.3 Å². The highest BCUT2D eigenvalue weighted by Gasteiger charge is 2.22. The van der Waals surface area contributed by atoms with E-state index in [9.17, 15) is 4.79 Å². The van der Waals surface area contributed by atoms with Crippen molar-refractivity contribution in [2.75, 3.05) is 13.6 Å². The molecule has 0 saturated heterocycles. The van der Waals surface area contributed by atoms with Crippen LogP contribution in [0.25, 0.3) is 0 Å². The monoisotopic (exact) mass is 225 g/mol. The molecule has 2 rings (SSSR count). The first-order chi connectivity index (χ1) is 7.25. The van der Waals surface area contributed by atoms with Crippen molar-refractivity contribution in [2.45, 2.75) is 25.4 Å². The Morgan fingerprint density at radius 2 is 2.53 bits per heavy atom. The highest BCUT2D eigenvalue weighted by molar-refractivity contribution is 7.07. The van der Waals surface area contributed by atoms with Crippen molar-refractivity contribution in [3.05, 3.63) is 16.6 Å². The molecule has 0 atom stereocenters. The molecule has 0 aromatic carbocycles. The van der Waals surface area contributed by atoms with Crippen molar-refractivity contribution in [3.8, 4) is 0 Å². The maximum absolute atomic E-state index is 11.6. The fraction of sp³-hybridized carbons (Fsp3) is 0.600. The summed E-state index contributed by atoms with van der Waals surface area (Å²) in [4.78, 5) is 17.5. The molecule has 0 unspecified atom stereocenters. The number of carbonyl (C=O) groups excluding carboxylic acids is 1. The first-order valence-corrected chi connectivity index (χ1v) is 6.04. The van der Waals surface area contributed by atoms with Crippen molar-refractivity contribution in [1.29, 1.82) is 0 Å². The molecule has 4 nitrogen and oxygen atoms in total. The van der Waals surface area contributed by atoms with Gasteiger partial charge in [0.05, 0.1) is 24.3 Å². The van der Waals surface area contributed by atoms with Crippen LogP contribution >= 0.6 is 11.3 Å². The van der Waals surface area contributed by atoms with Gasteiger partial charge in [0.15, 0.2) is 0 Å². The molecule has 5 heteroatoms. The lowest BCUT2D eigenvalue weighted by Gasteiger charge is -2.16. The van der Waals surface area contributed by atoms with Crippen molar-refractivity contribution in [2.24, 2.45) is 0 Å². The molecule has 1 fully saturated rings. The van der Waals surface area contributed by atoms with Gasteiger partial charge >= 0.3 is 0 Å². The van der Waals surface area contributed by atoms with Crippen LogP contribution in [0, 0.1) is 0 Å². The number of nitrogens with zero attached hydrogens (tertiary/aromatic N) is 2. The van der Waals surface area contributed by atoms with Gasteiger partial charge in [-0.2, -0.15) is 0 Å². The molecule has 1 N–H and O–H groups in total. The van der Waals surface area contributed by atoms with E-state index in [0.29, 0.717) is 19.1 Å². The number of nitrogens with one attached hydrogen (secondary N) is 1. The number of hydrogen-bond acceptors (Lipinski definition) is 4. The minimum absolute atomic E-state index is 0.134. The van der Waals surface area contributed by atoms with E-state index in [-0.39, 0.29) is 5.91 Å². The molecule has 1 heterocycles. The van der Waals surface area contributed by atoms with Crippen LogP contribution in [-0.2, 0) is 11.3 Å². The van der Waals surface area contributed by atoms with Gasteiger partial charge < -0.3 is 10.2 Å². The molecule has 1 aliphatic rings. The summed E-state index contributed by atoms with van der Waals surface area (Å²) in [6, 6.07) is 0.585. The fourth-order valence-corrected chi connectivity index (χ4v) is 1.85. The van der Waals surface area contributed by atoms with Gasteiger partial charge in [-0.05, 0) is 12.8 Å². The summed E-state index contributed by atoms with van der Waals surface area (Å²) in [6.07, 6.45) is 2.42. The summed E-state index contributed by atoms with van der Waals surface area (Å²) < 4.78 is 0. The molecule has 0 radical (unpaired) electrons. The van der Waals surface area contributed by atoms with Crippen LogP contribution < -0.4 is 5.32 Å². The summed E-state index contributed by atoms with van der Waals surface area (Å²) in [5.41, 5.74) is 2.75. The molecule has 1 aliphatic carbocycles. The third-order valence-electron chi connectivity index (χ3n) is 2.43. The van der Waals surface area contributed by atoms with Gasteiger partial charge in [-0.3, -0.25) is 4.79 Å². The zero-order valence-electron chi connectivity index (χ0n) is 8.77. The minimum atomic E-state index is 0.134. The molecule has 15 heavy (non-hydrogen) atoms. The first-order valence-electron chi connectivity index (χ1n) is 5.10. The van der Waals surface area contributed by atoms with E-state index in [1.54, 1.807) is 21.7 Å². The number of thiazole rings is 1. The van der Waals surface area contributed by atoms with Gasteiger partial charge in [0.25, 0.3) is 0 Å². The second kappa shape index (κ2) is 4.72. The van der Waals surface area contributed by atoms with E-state index < -0.39 is 0 Å². The zero-order chi connectivity index (χ0) is 10.7. The van der Waals surface area contributed by atoms with Gasteiger partial charge in [0, 0.05) is 18.5 Å². The Morgan fingerprint density at radius 1 is 1.73 bits per heavy atom. The molecular weight excluding hydrogens is 210 g/mol. The minimum Gasteiger partial charge on any atom is -0.339 e. The molecule has 1 aromatic heterocycles. The van der Waals surface area contributed by atoms with E-state index in [1.807, 2.05) is 12.4 Å². The van der Waals surface area contributed by atoms with E-state index >= 15 is 0 Å². The van der Waals surface area contributed by atoms with Gasteiger partial charge in [-0.1, -0.05) is 0 Å². The molecule has 0 bridgehead atoms. The van der Waals surface area contributed by atoms with Crippen LogP contribution in [-0.4, -0.2) is 35.4 Å². The Bertz CT molecular complexity index is 321. The molecular formula is C10H15N3OS. The maximum Gasteiger partial charge on any atom is 0.236 e. The van der Waals surface area contributed by atoms with Crippen LogP contribution in [0.4, 0.5) is 0 Å². The van der Waals surface area contributed by atoms with Crippen molar-refractivity contribution in [1.82, 2.24) is 15.2 Å². The summed E-state index contributed by atoms with van der Waals surface area (Å²) in [7, 11) is 1.82. The smallest absolute Gasteiger partial charge is 0.236 e. The van der Waals surface area contributed by atoms with Crippen LogP contribution in [0.3, 0.4) is 0 Å². The van der Waals surface area contributed by atoms with Crippen molar-refractivity contribution >= 4 is 17.2 Å². The molecule has 1 saturated carbocycles. The largest absolute Gasteiger partial charge is 0.339 e. The molecule has 1 aromatic rings. The third-order valence-corrected chi connectivity index (χ3v) is 3.06. The van der Waals surface area contributed by atoms with E-state index in [1.165, 1.54) is 12.8 Å². The third kappa shape index (κ3) is 3.28. The Kier molecular flexibility index (Phi) is 3.33. The van der Waals surface area contributed by atoms with Crippen LogP contribution in [0.2, 0.25) is 0 Å². The summed E-state index contributed by atoms with van der Waals surface area (Å²) in [5.74, 6) is 0.134. The highest BCUT2D eigenvalue weighted by atomic mass is 32.1. The number of rotatable bonds is 5. The van der Waals surface area contributed by atoms with Crippen LogP contribution in [0.5, 0.6) is 0 Å². The van der Waals surface area contributed by atoms with Gasteiger partial charge in [0.1, 0.15) is 0 Å².